The summed E-state index contributed by atoms with van der Waals surface area (Å²) in [5.41, 5.74) is 1.79. The number of nitrogens with one attached hydrogen (secondary N) is 1. The molecule has 1 atom stereocenters. The highest BCUT2D eigenvalue weighted by Gasteiger charge is 2.39. The fourth-order valence-corrected chi connectivity index (χ4v) is 4.71. The molecule has 2 fully saturated rings. The van der Waals surface area contributed by atoms with Gasteiger partial charge in [0.25, 0.3) is 0 Å². The summed E-state index contributed by atoms with van der Waals surface area (Å²) in [5.74, 6) is 0.895. The maximum atomic E-state index is 3.95. The van der Waals surface area contributed by atoms with E-state index in [1.807, 2.05) is 0 Å². The predicted molar refractivity (Wildman–Crippen MR) is 98.5 cm³/mol. The van der Waals surface area contributed by atoms with E-state index in [1.54, 1.807) is 0 Å². The lowest BCUT2D eigenvalue weighted by molar-refractivity contribution is 0.0266. The molecule has 1 aromatic rings. The summed E-state index contributed by atoms with van der Waals surface area (Å²) in [6, 6.07) is 11.8. The number of piperazine rings is 1. The average molecular weight is 315 g/mol. The van der Waals surface area contributed by atoms with Crippen molar-refractivity contribution in [2.75, 3.05) is 13.1 Å². The largest absolute Gasteiger partial charge is 0.308 e. The van der Waals surface area contributed by atoms with Crippen molar-refractivity contribution in [2.24, 2.45) is 5.92 Å². The minimum Gasteiger partial charge on any atom is -0.308 e. The zero-order chi connectivity index (χ0) is 16.1. The van der Waals surface area contributed by atoms with Crippen molar-refractivity contribution in [2.45, 2.75) is 76.9 Å². The molecule has 23 heavy (non-hydrogen) atoms. The molecule has 0 radical (unpaired) electrons. The molecule has 1 heterocycles. The van der Waals surface area contributed by atoms with Gasteiger partial charge in [-0.3, -0.25) is 4.90 Å². The number of hydrogen-bond acceptors (Lipinski definition) is 2. The van der Waals surface area contributed by atoms with Crippen molar-refractivity contribution in [1.29, 1.82) is 0 Å². The van der Waals surface area contributed by atoms with Gasteiger partial charge in [-0.2, -0.15) is 0 Å². The Balaban J connectivity index is 1.77. The predicted octanol–water partition coefficient (Wildman–Crippen LogP) is 4.60. The molecule has 128 valence electrons. The minimum absolute atomic E-state index is 0.319. The van der Waals surface area contributed by atoms with Gasteiger partial charge in [-0.05, 0) is 37.2 Å². The molecule has 0 spiro atoms. The van der Waals surface area contributed by atoms with Crippen molar-refractivity contribution in [3.63, 3.8) is 0 Å². The summed E-state index contributed by atoms with van der Waals surface area (Å²) in [6.07, 6.45) is 9.65. The molecule has 2 nitrogen and oxygen atoms in total. The van der Waals surface area contributed by atoms with Crippen LogP contribution in [0, 0.1) is 5.92 Å². The normalized spacial score (nSPS) is 26.3. The molecule has 0 aromatic heterocycles. The summed E-state index contributed by atoms with van der Waals surface area (Å²) in [5, 5.41) is 3.95. The van der Waals surface area contributed by atoms with Crippen molar-refractivity contribution in [1.82, 2.24) is 10.2 Å². The molecule has 2 aliphatic rings. The van der Waals surface area contributed by atoms with Crippen LogP contribution in [0.25, 0.3) is 0 Å². The highest BCUT2D eigenvalue weighted by molar-refractivity contribution is 5.15. The van der Waals surface area contributed by atoms with Gasteiger partial charge >= 0.3 is 0 Å². The zero-order valence-electron chi connectivity index (χ0n) is 15.1. The monoisotopic (exact) mass is 314 g/mol. The first-order chi connectivity index (χ1) is 11.3. The average Bonchev–Trinajstić information content (AvgIpc) is 2.63. The Morgan fingerprint density at radius 3 is 2.39 bits per heavy atom. The van der Waals surface area contributed by atoms with Gasteiger partial charge in [0.1, 0.15) is 0 Å². The van der Waals surface area contributed by atoms with Crippen molar-refractivity contribution < 1.29 is 0 Å². The van der Waals surface area contributed by atoms with Crippen LogP contribution in [0.5, 0.6) is 0 Å². The van der Waals surface area contributed by atoms with Crippen LogP contribution in [0.2, 0.25) is 0 Å². The summed E-state index contributed by atoms with van der Waals surface area (Å²) in [6.45, 7) is 8.19. The Kier molecular flexibility index (Phi) is 5.76. The second kappa shape index (κ2) is 7.81. The molecule has 1 saturated heterocycles. The molecule has 3 rings (SSSR count). The Morgan fingerprint density at radius 2 is 1.74 bits per heavy atom. The molecule has 1 aliphatic carbocycles. The molecule has 0 bridgehead atoms. The SMILES string of the molecule is CCC1(CC)CN(Cc2ccccc2)C(C2CCCCC2)CN1. The second-order valence-corrected chi connectivity index (χ2v) is 7.72. The van der Waals surface area contributed by atoms with E-state index in [1.165, 1.54) is 63.6 Å². The summed E-state index contributed by atoms with van der Waals surface area (Å²) in [7, 11) is 0. The lowest BCUT2D eigenvalue weighted by Crippen LogP contribution is -2.65. The Bertz CT molecular complexity index is 460. The van der Waals surface area contributed by atoms with Crippen LogP contribution in [0.3, 0.4) is 0 Å². The molecule has 0 amide bonds. The smallest absolute Gasteiger partial charge is 0.0304 e. The van der Waals surface area contributed by atoms with E-state index in [2.05, 4.69) is 54.4 Å². The molecule has 1 aromatic carbocycles. The summed E-state index contributed by atoms with van der Waals surface area (Å²) < 4.78 is 0. The third kappa shape index (κ3) is 3.97. The van der Waals surface area contributed by atoms with E-state index >= 15 is 0 Å². The van der Waals surface area contributed by atoms with Gasteiger partial charge in [0.05, 0.1) is 0 Å². The maximum absolute atomic E-state index is 3.95. The number of rotatable bonds is 5. The van der Waals surface area contributed by atoms with Crippen LogP contribution in [-0.2, 0) is 6.54 Å². The van der Waals surface area contributed by atoms with E-state index in [0.29, 0.717) is 5.54 Å². The van der Waals surface area contributed by atoms with Crippen molar-refractivity contribution in [3.8, 4) is 0 Å². The number of benzene rings is 1. The first kappa shape index (κ1) is 17.0. The molecular weight excluding hydrogens is 280 g/mol. The van der Waals surface area contributed by atoms with Gasteiger partial charge in [0, 0.05) is 31.2 Å². The van der Waals surface area contributed by atoms with Crippen LogP contribution in [0.15, 0.2) is 30.3 Å². The van der Waals surface area contributed by atoms with Gasteiger partial charge < -0.3 is 5.32 Å². The molecule has 1 saturated carbocycles. The van der Waals surface area contributed by atoms with Gasteiger partial charge in [0.15, 0.2) is 0 Å². The second-order valence-electron chi connectivity index (χ2n) is 7.72. The van der Waals surface area contributed by atoms with Gasteiger partial charge in [-0.25, -0.2) is 0 Å². The van der Waals surface area contributed by atoms with Crippen LogP contribution >= 0.6 is 0 Å². The van der Waals surface area contributed by atoms with E-state index in [-0.39, 0.29) is 0 Å². The van der Waals surface area contributed by atoms with E-state index in [4.69, 9.17) is 0 Å². The molecule has 2 heteroatoms. The highest BCUT2D eigenvalue weighted by atomic mass is 15.3. The lowest BCUT2D eigenvalue weighted by Gasteiger charge is -2.50. The third-order valence-electron chi connectivity index (χ3n) is 6.44. The van der Waals surface area contributed by atoms with Gasteiger partial charge in [-0.15, -0.1) is 0 Å². The third-order valence-corrected chi connectivity index (χ3v) is 6.44. The topological polar surface area (TPSA) is 15.3 Å². The van der Waals surface area contributed by atoms with Crippen molar-refractivity contribution >= 4 is 0 Å². The molecule has 1 N–H and O–H groups in total. The molecule has 1 aliphatic heterocycles. The van der Waals surface area contributed by atoms with Gasteiger partial charge in [-0.1, -0.05) is 63.4 Å². The molecular formula is C21H34N2. The standard InChI is InChI=1S/C21H34N2/c1-3-21(4-2)17-23(16-18-11-7-5-8-12-18)20(15-22-21)19-13-9-6-10-14-19/h5,7-8,11-12,19-20,22H,3-4,6,9-10,13-17H2,1-2H3. The van der Waals surface area contributed by atoms with E-state index in [0.717, 1.165) is 18.5 Å². The Labute approximate surface area is 142 Å². The van der Waals surface area contributed by atoms with Crippen LogP contribution in [0.4, 0.5) is 0 Å². The fourth-order valence-electron chi connectivity index (χ4n) is 4.71. The summed E-state index contributed by atoms with van der Waals surface area (Å²) in [4.78, 5) is 2.81. The van der Waals surface area contributed by atoms with Crippen molar-refractivity contribution in [3.05, 3.63) is 35.9 Å². The quantitative estimate of drug-likeness (QED) is 0.854. The fraction of sp³-hybridized carbons (Fsp3) is 0.714. The first-order valence-corrected chi connectivity index (χ1v) is 9.79. The van der Waals surface area contributed by atoms with E-state index < -0.39 is 0 Å². The Morgan fingerprint density at radius 1 is 1.04 bits per heavy atom. The number of nitrogens with zero attached hydrogens (tertiary/aromatic N) is 1. The highest BCUT2D eigenvalue weighted by Crippen LogP contribution is 2.33. The Hall–Kier alpha value is -0.860. The molecule has 1 unspecified atom stereocenters. The lowest BCUT2D eigenvalue weighted by atomic mass is 9.79. The first-order valence-electron chi connectivity index (χ1n) is 9.79. The van der Waals surface area contributed by atoms with Crippen LogP contribution < -0.4 is 5.32 Å². The van der Waals surface area contributed by atoms with Crippen LogP contribution in [-0.4, -0.2) is 29.6 Å². The van der Waals surface area contributed by atoms with Crippen LogP contribution in [0.1, 0.15) is 64.4 Å². The number of hydrogen-bond donors (Lipinski definition) is 1. The van der Waals surface area contributed by atoms with Gasteiger partial charge in [0.2, 0.25) is 0 Å². The van der Waals surface area contributed by atoms with E-state index in [9.17, 15) is 0 Å². The summed E-state index contributed by atoms with van der Waals surface area (Å²) >= 11 is 0. The maximum Gasteiger partial charge on any atom is 0.0304 e. The zero-order valence-corrected chi connectivity index (χ0v) is 15.1. The minimum atomic E-state index is 0.319.